The minimum absolute atomic E-state index is 0.419. The fourth-order valence-corrected chi connectivity index (χ4v) is 2.10. The molecule has 0 radical (unpaired) electrons. The van der Waals surface area contributed by atoms with E-state index in [0.717, 1.165) is 5.92 Å². The van der Waals surface area contributed by atoms with Crippen LogP contribution in [-0.2, 0) is 0 Å². The van der Waals surface area contributed by atoms with Crippen molar-refractivity contribution in [2.24, 2.45) is 11.8 Å². The molecule has 66 valence electrons. The normalized spacial score (nSPS) is 31.1. The summed E-state index contributed by atoms with van der Waals surface area (Å²) in [5, 5.41) is 8.91. The fraction of sp³-hybridized carbons (Fsp3) is 1.00. The largest absolute Gasteiger partial charge is 0.396 e. The molecule has 1 rings (SSSR count). The smallest absolute Gasteiger partial charge is 0.0459 e. The van der Waals surface area contributed by atoms with Gasteiger partial charge in [0.2, 0.25) is 0 Å². The van der Waals surface area contributed by atoms with E-state index < -0.39 is 0 Å². The Bertz CT molecular complexity index is 101. The van der Waals surface area contributed by atoms with Gasteiger partial charge in [-0.05, 0) is 24.7 Å². The zero-order valence-corrected chi connectivity index (χ0v) is 7.55. The van der Waals surface area contributed by atoms with Gasteiger partial charge in [-0.1, -0.05) is 32.6 Å². The summed E-state index contributed by atoms with van der Waals surface area (Å²) in [5.41, 5.74) is 0. The van der Waals surface area contributed by atoms with Crippen molar-refractivity contribution in [3.63, 3.8) is 0 Å². The summed E-state index contributed by atoms with van der Waals surface area (Å²) in [6.45, 7) is 2.67. The van der Waals surface area contributed by atoms with E-state index in [1.807, 2.05) is 0 Å². The standard InChI is InChI=1S/C10H20O/c1-2-3-4-9-5-6-10(7-9)8-11/h9-11H,2-8H2,1H3. The molecule has 1 heteroatoms. The monoisotopic (exact) mass is 156 g/mol. The van der Waals surface area contributed by atoms with Crippen molar-refractivity contribution < 1.29 is 5.11 Å². The summed E-state index contributed by atoms with van der Waals surface area (Å²) in [4.78, 5) is 0. The highest BCUT2D eigenvalue weighted by Crippen LogP contribution is 2.33. The zero-order valence-electron chi connectivity index (χ0n) is 7.55. The van der Waals surface area contributed by atoms with Crippen molar-refractivity contribution in [3.05, 3.63) is 0 Å². The molecule has 0 heterocycles. The van der Waals surface area contributed by atoms with Crippen LogP contribution in [-0.4, -0.2) is 11.7 Å². The van der Waals surface area contributed by atoms with Crippen LogP contribution in [0.1, 0.15) is 45.4 Å². The van der Waals surface area contributed by atoms with E-state index in [4.69, 9.17) is 5.11 Å². The molecule has 0 aromatic rings. The average Bonchev–Trinajstić information content (AvgIpc) is 2.48. The van der Waals surface area contributed by atoms with E-state index in [1.54, 1.807) is 0 Å². The lowest BCUT2D eigenvalue weighted by atomic mass is 9.99. The van der Waals surface area contributed by atoms with Crippen molar-refractivity contribution in [3.8, 4) is 0 Å². The van der Waals surface area contributed by atoms with Crippen molar-refractivity contribution in [1.82, 2.24) is 0 Å². The van der Waals surface area contributed by atoms with E-state index in [9.17, 15) is 0 Å². The van der Waals surface area contributed by atoms with Crippen molar-refractivity contribution in [1.29, 1.82) is 0 Å². The molecule has 1 N–H and O–H groups in total. The molecule has 2 unspecified atom stereocenters. The maximum atomic E-state index is 8.91. The first-order valence-electron chi connectivity index (χ1n) is 4.97. The molecule has 2 atom stereocenters. The Morgan fingerprint density at radius 3 is 2.55 bits per heavy atom. The Balaban J connectivity index is 2.09. The highest BCUT2D eigenvalue weighted by Gasteiger charge is 2.22. The van der Waals surface area contributed by atoms with Gasteiger partial charge in [-0.2, -0.15) is 0 Å². The second-order valence-corrected chi connectivity index (χ2v) is 3.87. The van der Waals surface area contributed by atoms with Gasteiger partial charge < -0.3 is 5.11 Å². The second-order valence-electron chi connectivity index (χ2n) is 3.87. The lowest BCUT2D eigenvalue weighted by Crippen LogP contribution is -2.00. The van der Waals surface area contributed by atoms with Crippen molar-refractivity contribution >= 4 is 0 Å². The molecule has 0 aromatic carbocycles. The van der Waals surface area contributed by atoms with Crippen LogP contribution in [0.2, 0.25) is 0 Å². The SMILES string of the molecule is CCCCC1CCC(CO)C1. The molecule has 1 fully saturated rings. The Morgan fingerprint density at radius 2 is 2.00 bits per heavy atom. The first kappa shape index (κ1) is 9.05. The number of unbranched alkanes of at least 4 members (excludes halogenated alkanes) is 1. The summed E-state index contributed by atoms with van der Waals surface area (Å²) in [6.07, 6.45) is 8.02. The predicted molar refractivity (Wildman–Crippen MR) is 47.4 cm³/mol. The van der Waals surface area contributed by atoms with Crippen molar-refractivity contribution in [2.45, 2.75) is 45.4 Å². The number of aliphatic hydroxyl groups is 1. The van der Waals surface area contributed by atoms with Gasteiger partial charge in [0.15, 0.2) is 0 Å². The van der Waals surface area contributed by atoms with Crippen LogP contribution in [0.5, 0.6) is 0 Å². The highest BCUT2D eigenvalue weighted by molar-refractivity contribution is 4.74. The molecular formula is C10H20O. The van der Waals surface area contributed by atoms with Gasteiger partial charge in [0.05, 0.1) is 0 Å². The lowest BCUT2D eigenvalue weighted by molar-refractivity contribution is 0.225. The van der Waals surface area contributed by atoms with Gasteiger partial charge in [-0.25, -0.2) is 0 Å². The number of aliphatic hydroxyl groups excluding tert-OH is 1. The van der Waals surface area contributed by atoms with E-state index in [1.165, 1.54) is 38.5 Å². The molecule has 1 aliphatic carbocycles. The van der Waals surface area contributed by atoms with E-state index in [-0.39, 0.29) is 0 Å². The predicted octanol–water partition coefficient (Wildman–Crippen LogP) is 2.59. The molecule has 1 nitrogen and oxygen atoms in total. The third-order valence-electron chi connectivity index (χ3n) is 2.87. The molecule has 11 heavy (non-hydrogen) atoms. The molecule has 0 saturated heterocycles. The molecule has 0 spiro atoms. The molecule has 1 aliphatic rings. The van der Waals surface area contributed by atoms with Crippen LogP contribution in [0, 0.1) is 11.8 Å². The van der Waals surface area contributed by atoms with Gasteiger partial charge in [0.1, 0.15) is 0 Å². The summed E-state index contributed by atoms with van der Waals surface area (Å²) in [6, 6.07) is 0. The van der Waals surface area contributed by atoms with Crippen LogP contribution in [0.25, 0.3) is 0 Å². The van der Waals surface area contributed by atoms with Gasteiger partial charge >= 0.3 is 0 Å². The van der Waals surface area contributed by atoms with Gasteiger partial charge in [0.25, 0.3) is 0 Å². The molecule has 1 saturated carbocycles. The first-order valence-corrected chi connectivity index (χ1v) is 4.97. The third-order valence-corrected chi connectivity index (χ3v) is 2.87. The number of rotatable bonds is 4. The highest BCUT2D eigenvalue weighted by atomic mass is 16.3. The van der Waals surface area contributed by atoms with Gasteiger partial charge in [0, 0.05) is 6.61 Å². The van der Waals surface area contributed by atoms with Crippen molar-refractivity contribution in [2.75, 3.05) is 6.61 Å². The Hall–Kier alpha value is -0.0400. The van der Waals surface area contributed by atoms with E-state index >= 15 is 0 Å². The van der Waals surface area contributed by atoms with Crippen LogP contribution < -0.4 is 0 Å². The van der Waals surface area contributed by atoms with E-state index in [2.05, 4.69) is 6.92 Å². The summed E-state index contributed by atoms with van der Waals surface area (Å²) < 4.78 is 0. The zero-order chi connectivity index (χ0) is 8.10. The molecule has 0 amide bonds. The molecular weight excluding hydrogens is 136 g/mol. The Kier molecular flexibility index (Phi) is 3.92. The minimum atomic E-state index is 0.419. The summed E-state index contributed by atoms with van der Waals surface area (Å²) in [5.74, 6) is 1.57. The average molecular weight is 156 g/mol. The Labute approximate surface area is 69.8 Å². The fourth-order valence-electron chi connectivity index (χ4n) is 2.10. The summed E-state index contributed by atoms with van der Waals surface area (Å²) in [7, 11) is 0. The third kappa shape index (κ3) is 2.82. The van der Waals surface area contributed by atoms with Gasteiger partial charge in [-0.3, -0.25) is 0 Å². The van der Waals surface area contributed by atoms with Gasteiger partial charge in [-0.15, -0.1) is 0 Å². The quantitative estimate of drug-likeness (QED) is 0.663. The van der Waals surface area contributed by atoms with Crippen LogP contribution in [0.4, 0.5) is 0 Å². The Morgan fingerprint density at radius 1 is 1.27 bits per heavy atom. The maximum absolute atomic E-state index is 8.91. The first-order chi connectivity index (χ1) is 5.36. The van der Waals surface area contributed by atoms with E-state index in [0.29, 0.717) is 12.5 Å². The molecule has 0 aromatic heterocycles. The lowest BCUT2D eigenvalue weighted by Gasteiger charge is -2.07. The maximum Gasteiger partial charge on any atom is 0.0459 e. The number of hydrogen-bond acceptors (Lipinski definition) is 1. The van der Waals surface area contributed by atoms with Crippen LogP contribution >= 0.6 is 0 Å². The van der Waals surface area contributed by atoms with Crippen LogP contribution in [0.15, 0.2) is 0 Å². The number of hydrogen-bond donors (Lipinski definition) is 1. The molecule has 0 bridgehead atoms. The molecule has 0 aliphatic heterocycles. The topological polar surface area (TPSA) is 20.2 Å². The van der Waals surface area contributed by atoms with Crippen LogP contribution in [0.3, 0.4) is 0 Å². The minimum Gasteiger partial charge on any atom is -0.396 e. The second kappa shape index (κ2) is 4.76. The summed E-state index contributed by atoms with van der Waals surface area (Å²) >= 11 is 0.